The Balaban J connectivity index is 1.51. The topological polar surface area (TPSA) is 66.8 Å². The van der Waals surface area contributed by atoms with Gasteiger partial charge in [-0.15, -0.1) is 0 Å². The number of ether oxygens (including phenoxy) is 1. The SMILES string of the molecule is COC(=O)[C@@]12CCC3C(CCC4[C@@]3(C)CCC3C(C)(C)[C@@H](O)CC[C@@]34C)C1[C@H](C(C)CO)CC2. The Hall–Kier alpha value is -0.610. The lowest BCUT2D eigenvalue weighted by Crippen LogP contribution is -2.63. The molecule has 0 aromatic heterocycles. The van der Waals surface area contributed by atoms with Gasteiger partial charge < -0.3 is 14.9 Å². The van der Waals surface area contributed by atoms with Crippen molar-refractivity contribution in [2.75, 3.05) is 13.7 Å². The molecule has 0 spiro atoms. The molecule has 0 heterocycles. The quantitative estimate of drug-likeness (QED) is 0.504. The molecule has 0 aromatic rings. The van der Waals surface area contributed by atoms with E-state index in [0.717, 1.165) is 38.5 Å². The van der Waals surface area contributed by atoms with Crippen LogP contribution in [0.25, 0.3) is 0 Å². The molecule has 0 aliphatic heterocycles. The van der Waals surface area contributed by atoms with Crippen LogP contribution in [0.3, 0.4) is 0 Å². The highest BCUT2D eigenvalue weighted by Gasteiger charge is 2.68. The first-order valence-corrected chi connectivity index (χ1v) is 14.3. The molecule has 0 amide bonds. The number of esters is 1. The molecule has 4 nitrogen and oxygen atoms in total. The van der Waals surface area contributed by atoms with E-state index in [1.165, 1.54) is 25.7 Å². The average Bonchev–Trinajstić information content (AvgIpc) is 3.21. The summed E-state index contributed by atoms with van der Waals surface area (Å²) in [7, 11) is 1.57. The number of carbonyl (C=O) groups is 1. The van der Waals surface area contributed by atoms with Crippen molar-refractivity contribution in [3.05, 3.63) is 0 Å². The smallest absolute Gasteiger partial charge is 0.312 e. The first-order valence-electron chi connectivity index (χ1n) is 14.3. The second-order valence-corrected chi connectivity index (χ2v) is 14.5. The van der Waals surface area contributed by atoms with E-state index in [2.05, 4.69) is 34.6 Å². The molecule has 34 heavy (non-hydrogen) atoms. The zero-order chi connectivity index (χ0) is 24.7. The fraction of sp³-hybridized carbons (Fsp3) is 0.967. The fourth-order valence-electron chi connectivity index (χ4n) is 11.6. The van der Waals surface area contributed by atoms with Crippen LogP contribution in [-0.2, 0) is 9.53 Å². The molecule has 4 heteroatoms. The van der Waals surface area contributed by atoms with Gasteiger partial charge in [0.1, 0.15) is 0 Å². The van der Waals surface area contributed by atoms with Gasteiger partial charge in [0, 0.05) is 6.61 Å². The summed E-state index contributed by atoms with van der Waals surface area (Å²) in [5.41, 5.74) is 0.269. The molecule has 11 atom stereocenters. The third kappa shape index (κ3) is 3.12. The van der Waals surface area contributed by atoms with Gasteiger partial charge in [-0.1, -0.05) is 34.6 Å². The summed E-state index contributed by atoms with van der Waals surface area (Å²) in [4.78, 5) is 13.3. The maximum atomic E-state index is 13.3. The van der Waals surface area contributed by atoms with E-state index >= 15 is 0 Å². The highest BCUT2D eigenvalue weighted by Crippen LogP contribution is 2.73. The predicted molar refractivity (Wildman–Crippen MR) is 134 cm³/mol. The monoisotopic (exact) mass is 474 g/mol. The van der Waals surface area contributed by atoms with Gasteiger partial charge in [0.2, 0.25) is 0 Å². The summed E-state index contributed by atoms with van der Waals surface area (Å²) in [6.45, 7) is 12.2. The van der Waals surface area contributed by atoms with E-state index in [1.54, 1.807) is 7.11 Å². The minimum atomic E-state index is -0.328. The molecule has 5 aliphatic rings. The zero-order valence-corrected chi connectivity index (χ0v) is 22.6. The zero-order valence-electron chi connectivity index (χ0n) is 22.6. The Morgan fingerprint density at radius 2 is 1.59 bits per heavy atom. The summed E-state index contributed by atoms with van der Waals surface area (Å²) < 4.78 is 5.46. The van der Waals surface area contributed by atoms with Crippen molar-refractivity contribution in [3.8, 4) is 0 Å². The van der Waals surface area contributed by atoms with Crippen molar-refractivity contribution in [2.45, 2.75) is 105 Å². The summed E-state index contributed by atoms with van der Waals surface area (Å²) in [6, 6.07) is 0. The molecule has 6 unspecified atom stereocenters. The van der Waals surface area contributed by atoms with Crippen molar-refractivity contribution in [1.29, 1.82) is 0 Å². The van der Waals surface area contributed by atoms with Crippen molar-refractivity contribution in [3.63, 3.8) is 0 Å². The Kier molecular flexibility index (Phi) is 6.04. The summed E-state index contributed by atoms with van der Waals surface area (Å²) in [5.74, 6) is 3.56. The number of carbonyl (C=O) groups excluding carboxylic acids is 1. The number of hydrogen-bond acceptors (Lipinski definition) is 4. The minimum absolute atomic E-state index is 0.00904. The van der Waals surface area contributed by atoms with E-state index in [0.29, 0.717) is 46.3 Å². The summed E-state index contributed by atoms with van der Waals surface area (Å²) in [6.07, 6.45) is 11.0. The minimum Gasteiger partial charge on any atom is -0.469 e. The number of aliphatic hydroxyl groups excluding tert-OH is 2. The average molecular weight is 475 g/mol. The van der Waals surface area contributed by atoms with Crippen molar-refractivity contribution in [1.82, 2.24) is 0 Å². The first-order chi connectivity index (χ1) is 16.0. The van der Waals surface area contributed by atoms with E-state index in [-0.39, 0.29) is 35.4 Å². The molecule has 0 aromatic carbocycles. The number of hydrogen-bond donors (Lipinski definition) is 2. The van der Waals surface area contributed by atoms with E-state index in [1.807, 2.05) is 0 Å². The number of methoxy groups -OCH3 is 1. The lowest BCUT2D eigenvalue weighted by molar-refractivity contribution is -0.219. The molecule has 5 aliphatic carbocycles. The summed E-state index contributed by atoms with van der Waals surface area (Å²) >= 11 is 0. The molecule has 2 N–H and O–H groups in total. The number of rotatable bonds is 3. The molecular weight excluding hydrogens is 424 g/mol. The maximum Gasteiger partial charge on any atom is 0.312 e. The molecule has 0 bridgehead atoms. The van der Waals surface area contributed by atoms with E-state index < -0.39 is 0 Å². The van der Waals surface area contributed by atoms with Gasteiger partial charge in [-0.05, 0) is 122 Å². The molecule has 5 saturated carbocycles. The van der Waals surface area contributed by atoms with Gasteiger partial charge in [0.05, 0.1) is 18.6 Å². The number of fused-ring (bicyclic) bond motifs is 7. The van der Waals surface area contributed by atoms with Gasteiger partial charge in [-0.3, -0.25) is 4.79 Å². The van der Waals surface area contributed by atoms with Crippen LogP contribution in [0, 0.1) is 63.1 Å². The van der Waals surface area contributed by atoms with Crippen molar-refractivity contribution >= 4 is 5.97 Å². The highest BCUT2D eigenvalue weighted by molar-refractivity contribution is 5.78. The largest absolute Gasteiger partial charge is 0.469 e. The van der Waals surface area contributed by atoms with Gasteiger partial charge in [-0.25, -0.2) is 0 Å². The number of aliphatic hydroxyl groups is 2. The fourth-order valence-corrected chi connectivity index (χ4v) is 11.6. The van der Waals surface area contributed by atoms with Crippen LogP contribution in [0.4, 0.5) is 0 Å². The third-order valence-electron chi connectivity index (χ3n) is 13.2. The molecule has 0 saturated heterocycles. The molecular formula is C30H50O4. The maximum absolute atomic E-state index is 13.3. The highest BCUT2D eigenvalue weighted by atomic mass is 16.5. The third-order valence-corrected chi connectivity index (χ3v) is 13.2. The van der Waals surface area contributed by atoms with Crippen LogP contribution >= 0.6 is 0 Å². The van der Waals surface area contributed by atoms with Crippen LogP contribution in [0.15, 0.2) is 0 Å². The van der Waals surface area contributed by atoms with Gasteiger partial charge in [-0.2, -0.15) is 0 Å². The normalized spacial score (nSPS) is 52.5. The Morgan fingerprint density at radius 1 is 0.912 bits per heavy atom. The van der Waals surface area contributed by atoms with Gasteiger partial charge in [0.25, 0.3) is 0 Å². The second-order valence-electron chi connectivity index (χ2n) is 14.5. The molecule has 0 radical (unpaired) electrons. The van der Waals surface area contributed by atoms with Gasteiger partial charge >= 0.3 is 5.97 Å². The van der Waals surface area contributed by atoms with Gasteiger partial charge in [0.15, 0.2) is 0 Å². The van der Waals surface area contributed by atoms with Crippen molar-refractivity contribution < 1.29 is 19.7 Å². The lowest BCUT2D eigenvalue weighted by Gasteiger charge is -2.69. The van der Waals surface area contributed by atoms with E-state index in [4.69, 9.17) is 4.74 Å². The Bertz CT molecular complexity index is 808. The van der Waals surface area contributed by atoms with Crippen LogP contribution < -0.4 is 0 Å². The van der Waals surface area contributed by atoms with Crippen molar-refractivity contribution in [2.24, 2.45) is 63.1 Å². The standard InChI is InChI=1S/C30H50O4/c1-18(17-31)19-9-15-30(26(33)34-6)16-10-21-20(25(19)30)7-8-23-28(21,4)13-11-22-27(2,3)24(32)12-14-29(22,23)5/h18-25,31-32H,7-17H2,1-6H3/t18?,19-,20?,21?,22?,23?,24-,25?,28-,29-,30-/m0/s1. The summed E-state index contributed by atoms with van der Waals surface area (Å²) in [5, 5.41) is 21.0. The Labute approximate surface area is 207 Å². The lowest BCUT2D eigenvalue weighted by atomic mass is 9.36. The molecule has 5 rings (SSSR count). The second kappa shape index (κ2) is 8.20. The van der Waals surface area contributed by atoms with E-state index in [9.17, 15) is 15.0 Å². The molecule has 5 fully saturated rings. The Morgan fingerprint density at radius 3 is 2.26 bits per heavy atom. The van der Waals surface area contributed by atoms with Crippen LogP contribution in [0.2, 0.25) is 0 Å². The van der Waals surface area contributed by atoms with Crippen LogP contribution in [0.1, 0.15) is 98.8 Å². The van der Waals surface area contributed by atoms with Crippen LogP contribution in [0.5, 0.6) is 0 Å². The first kappa shape index (κ1) is 25.1. The predicted octanol–water partition coefficient (Wildman–Crippen LogP) is 5.84. The molecule has 194 valence electrons. The van der Waals surface area contributed by atoms with Crippen LogP contribution in [-0.4, -0.2) is 36.0 Å².